The lowest BCUT2D eigenvalue weighted by atomic mass is 9.91. The largest absolute Gasteiger partial charge is 0.463 e. The Bertz CT molecular complexity index is 1310. The van der Waals surface area contributed by atoms with Gasteiger partial charge in [-0.2, -0.15) is 4.98 Å². The first kappa shape index (κ1) is 30.3. The fourth-order valence-electron chi connectivity index (χ4n) is 3.86. The molecule has 14 heteroatoms. The van der Waals surface area contributed by atoms with Gasteiger partial charge >= 0.3 is 19.3 Å². The van der Waals surface area contributed by atoms with E-state index in [-0.39, 0.29) is 23.8 Å². The number of aliphatic hydroxyl groups is 1. The SMILES string of the molecule is CC(C)OC(=O)[C@H](C)C[P@](=O)(OC[C@H]1O[C@@H](n2ccc(N)nc2=O)C(N)(C#CCF)[C@H]1O)Oc1ccccc1. The molecule has 2 aromatic rings. The van der Waals surface area contributed by atoms with Gasteiger partial charge in [0.15, 0.2) is 11.8 Å². The first-order valence-electron chi connectivity index (χ1n) is 12.1. The molecular formula is C25H32FN4O8P. The van der Waals surface area contributed by atoms with Crippen LogP contribution in [0.2, 0.25) is 0 Å². The third-order valence-corrected chi connectivity index (χ3v) is 7.73. The maximum atomic E-state index is 13.8. The summed E-state index contributed by atoms with van der Waals surface area (Å²) in [7, 11) is -4.07. The number of para-hydroxylation sites is 1. The number of rotatable bonds is 10. The number of nitrogens with zero attached hydrogens (tertiary/aromatic N) is 2. The number of carbonyl (C=O) groups excluding carboxylic acids is 1. The third kappa shape index (κ3) is 7.44. The van der Waals surface area contributed by atoms with Crippen molar-refractivity contribution < 1.29 is 37.4 Å². The molecule has 0 spiro atoms. The van der Waals surface area contributed by atoms with Gasteiger partial charge in [0, 0.05) is 6.20 Å². The lowest BCUT2D eigenvalue weighted by Crippen LogP contribution is -2.55. The molecule has 39 heavy (non-hydrogen) atoms. The standard InChI is InChI=1S/C25H32FN4O8P/c1-16(2)36-22(32)17(3)15-39(34,38-18-8-5-4-6-9-18)35-14-19-21(31)25(28,11-7-12-26)23(37-19)30-13-10-20(27)29-24(30)33/h4-6,8-10,13,16-17,19,21,23,31H,12,14-15,28H2,1-3H3,(H2,27,29,33)/t17-,19-,21+,23-,25?,39+/m1/s1. The Morgan fingerprint density at radius 1 is 1.31 bits per heavy atom. The van der Waals surface area contributed by atoms with Crippen molar-refractivity contribution in [2.24, 2.45) is 11.7 Å². The Morgan fingerprint density at radius 3 is 2.62 bits per heavy atom. The average molecular weight is 567 g/mol. The van der Waals surface area contributed by atoms with Gasteiger partial charge in [-0.25, -0.2) is 13.8 Å². The van der Waals surface area contributed by atoms with E-state index in [1.165, 1.54) is 19.2 Å². The summed E-state index contributed by atoms with van der Waals surface area (Å²) in [6.07, 6.45) is -3.83. The monoisotopic (exact) mass is 566 g/mol. The summed E-state index contributed by atoms with van der Waals surface area (Å²) >= 11 is 0. The van der Waals surface area contributed by atoms with E-state index >= 15 is 0 Å². The van der Waals surface area contributed by atoms with E-state index in [2.05, 4.69) is 16.8 Å². The molecule has 212 valence electrons. The maximum Gasteiger partial charge on any atom is 0.380 e. The molecule has 0 radical (unpaired) electrons. The highest BCUT2D eigenvalue weighted by atomic mass is 31.2. The number of ether oxygens (including phenoxy) is 2. The van der Waals surface area contributed by atoms with Crippen LogP contribution in [0.4, 0.5) is 10.2 Å². The van der Waals surface area contributed by atoms with E-state index < -0.39 is 62.4 Å². The van der Waals surface area contributed by atoms with Crippen molar-refractivity contribution in [2.45, 2.75) is 50.8 Å². The zero-order chi connectivity index (χ0) is 28.8. The summed E-state index contributed by atoms with van der Waals surface area (Å²) in [6.45, 7) is 3.27. The van der Waals surface area contributed by atoms with Gasteiger partial charge in [0.05, 0.1) is 24.8 Å². The van der Waals surface area contributed by atoms with Crippen LogP contribution in [0.25, 0.3) is 0 Å². The topological polar surface area (TPSA) is 178 Å². The predicted octanol–water partition coefficient (Wildman–Crippen LogP) is 1.63. The van der Waals surface area contributed by atoms with Crippen LogP contribution in [0, 0.1) is 17.8 Å². The Hall–Kier alpha value is -3.27. The van der Waals surface area contributed by atoms with Gasteiger partial charge in [-0.05, 0) is 32.0 Å². The van der Waals surface area contributed by atoms with Crippen LogP contribution >= 0.6 is 7.60 Å². The molecule has 0 amide bonds. The molecule has 2 heterocycles. The molecule has 1 unspecified atom stereocenters. The Balaban J connectivity index is 1.88. The smallest absolute Gasteiger partial charge is 0.380 e. The third-order valence-electron chi connectivity index (χ3n) is 5.70. The molecule has 0 aliphatic carbocycles. The number of hydrogen-bond acceptors (Lipinski definition) is 11. The molecule has 1 aromatic heterocycles. The van der Waals surface area contributed by atoms with E-state index in [0.29, 0.717) is 0 Å². The zero-order valence-electron chi connectivity index (χ0n) is 21.7. The molecule has 0 saturated carbocycles. The van der Waals surface area contributed by atoms with E-state index in [1.54, 1.807) is 44.2 Å². The van der Waals surface area contributed by atoms with Crippen molar-refractivity contribution in [2.75, 3.05) is 25.2 Å². The average Bonchev–Trinajstić information content (AvgIpc) is 3.11. The van der Waals surface area contributed by atoms with Crippen LogP contribution in [-0.2, 0) is 23.4 Å². The van der Waals surface area contributed by atoms with Gasteiger partial charge < -0.3 is 30.6 Å². The summed E-state index contributed by atoms with van der Waals surface area (Å²) in [5, 5.41) is 11.0. The van der Waals surface area contributed by atoms with Crippen LogP contribution in [0.5, 0.6) is 5.75 Å². The Kier molecular flexibility index (Phi) is 9.88. The number of carbonyl (C=O) groups is 1. The van der Waals surface area contributed by atoms with Crippen molar-refractivity contribution in [1.82, 2.24) is 9.55 Å². The normalized spacial score (nSPS) is 24.8. The number of halogens is 1. The second kappa shape index (κ2) is 12.7. The number of nitrogens with two attached hydrogens (primary N) is 2. The molecule has 1 fully saturated rings. The van der Waals surface area contributed by atoms with E-state index in [4.69, 9.17) is 30.0 Å². The first-order chi connectivity index (χ1) is 18.4. The molecule has 1 aliphatic rings. The van der Waals surface area contributed by atoms with Crippen molar-refractivity contribution >= 4 is 19.4 Å². The number of hydrogen-bond donors (Lipinski definition) is 3. The van der Waals surface area contributed by atoms with E-state index in [9.17, 15) is 23.7 Å². The van der Waals surface area contributed by atoms with Crippen LogP contribution in [-0.4, -0.2) is 63.9 Å². The second-order valence-electron chi connectivity index (χ2n) is 9.26. The summed E-state index contributed by atoms with van der Waals surface area (Å²) in [5.74, 6) is 3.28. The van der Waals surface area contributed by atoms with E-state index in [1.807, 2.05) is 0 Å². The minimum absolute atomic E-state index is 0.0590. The van der Waals surface area contributed by atoms with Gasteiger partial charge in [-0.3, -0.25) is 13.9 Å². The molecule has 3 rings (SSSR count). The number of esters is 1. The number of benzene rings is 1. The van der Waals surface area contributed by atoms with Crippen LogP contribution in [0.3, 0.4) is 0 Å². The molecule has 1 aromatic carbocycles. The lowest BCUT2D eigenvalue weighted by Gasteiger charge is -2.28. The number of nitrogen functional groups attached to an aromatic ring is 1. The highest BCUT2D eigenvalue weighted by molar-refractivity contribution is 7.54. The fourth-order valence-corrected chi connectivity index (χ4v) is 5.73. The van der Waals surface area contributed by atoms with Gasteiger partial charge in [0.2, 0.25) is 0 Å². The summed E-state index contributed by atoms with van der Waals surface area (Å²) in [5.41, 5.74) is 9.08. The highest BCUT2D eigenvalue weighted by Gasteiger charge is 2.55. The minimum Gasteiger partial charge on any atom is -0.463 e. The molecule has 1 aliphatic heterocycles. The molecule has 12 nitrogen and oxygen atoms in total. The number of aliphatic hydroxyl groups excluding tert-OH is 1. The lowest BCUT2D eigenvalue weighted by molar-refractivity contribution is -0.151. The van der Waals surface area contributed by atoms with Crippen molar-refractivity contribution in [3.63, 3.8) is 0 Å². The van der Waals surface area contributed by atoms with Crippen LogP contribution < -0.4 is 21.7 Å². The summed E-state index contributed by atoms with van der Waals surface area (Å²) in [6, 6.07) is 9.48. The Labute approximate surface area is 224 Å². The fraction of sp³-hybridized carbons (Fsp3) is 0.480. The summed E-state index contributed by atoms with van der Waals surface area (Å²) in [4.78, 5) is 28.5. The molecule has 5 N–H and O–H groups in total. The summed E-state index contributed by atoms with van der Waals surface area (Å²) < 4.78 is 50.1. The Morgan fingerprint density at radius 2 is 2.00 bits per heavy atom. The second-order valence-corrected chi connectivity index (χ2v) is 11.3. The van der Waals surface area contributed by atoms with Gasteiger partial charge in [-0.15, -0.1) is 0 Å². The molecular weight excluding hydrogens is 534 g/mol. The zero-order valence-corrected chi connectivity index (χ0v) is 22.6. The van der Waals surface area contributed by atoms with Gasteiger partial charge in [-0.1, -0.05) is 37.0 Å². The van der Waals surface area contributed by atoms with Crippen LogP contribution in [0.1, 0.15) is 27.0 Å². The highest BCUT2D eigenvalue weighted by Crippen LogP contribution is 2.51. The van der Waals surface area contributed by atoms with E-state index in [0.717, 1.165) is 4.57 Å². The molecule has 1 saturated heterocycles. The number of alkyl halides is 1. The number of aromatic nitrogens is 2. The number of anilines is 1. The maximum absolute atomic E-state index is 13.8. The van der Waals surface area contributed by atoms with Crippen molar-refractivity contribution in [3.05, 3.63) is 53.1 Å². The predicted molar refractivity (Wildman–Crippen MR) is 139 cm³/mol. The van der Waals surface area contributed by atoms with Gasteiger partial charge in [0.25, 0.3) is 0 Å². The van der Waals surface area contributed by atoms with Crippen molar-refractivity contribution in [1.29, 1.82) is 0 Å². The quantitative estimate of drug-likeness (QED) is 0.216. The minimum atomic E-state index is -4.07. The van der Waals surface area contributed by atoms with Crippen LogP contribution in [0.15, 0.2) is 47.4 Å². The molecule has 6 atom stereocenters. The van der Waals surface area contributed by atoms with Gasteiger partial charge in [0.1, 0.15) is 30.4 Å². The van der Waals surface area contributed by atoms with Crippen molar-refractivity contribution in [3.8, 4) is 17.6 Å². The first-order valence-corrected chi connectivity index (χ1v) is 13.8. The molecule has 0 bridgehead atoms.